The summed E-state index contributed by atoms with van der Waals surface area (Å²) in [7, 11) is 0. The van der Waals surface area contributed by atoms with Crippen LogP contribution in [0, 0.1) is 5.92 Å². The van der Waals surface area contributed by atoms with Gasteiger partial charge in [-0.05, 0) is 30.9 Å². The van der Waals surface area contributed by atoms with Crippen LogP contribution in [0.2, 0.25) is 0 Å². The van der Waals surface area contributed by atoms with Crippen LogP contribution < -0.4 is 11.1 Å². The molecule has 112 valence electrons. The lowest BCUT2D eigenvalue weighted by Crippen LogP contribution is -2.27. The maximum atomic E-state index is 12.8. The predicted octanol–water partition coefficient (Wildman–Crippen LogP) is 4.06. The Hall–Kier alpha value is -1.46. The lowest BCUT2D eigenvalue weighted by Gasteiger charge is -2.24. The van der Waals surface area contributed by atoms with Crippen molar-refractivity contribution >= 4 is 11.6 Å². The molecular formula is C14H20F3N3. The first-order valence-electron chi connectivity index (χ1n) is 6.97. The minimum Gasteiger partial charge on any atom is -0.384 e. The van der Waals surface area contributed by atoms with Crippen LogP contribution >= 0.6 is 0 Å². The fourth-order valence-electron chi connectivity index (χ4n) is 2.69. The molecule has 1 aliphatic rings. The van der Waals surface area contributed by atoms with Gasteiger partial charge in [0.1, 0.15) is 11.6 Å². The van der Waals surface area contributed by atoms with Crippen molar-refractivity contribution in [2.75, 3.05) is 11.1 Å². The van der Waals surface area contributed by atoms with E-state index in [1.54, 1.807) is 0 Å². The molecule has 20 heavy (non-hydrogen) atoms. The van der Waals surface area contributed by atoms with Gasteiger partial charge in [0.15, 0.2) is 0 Å². The zero-order valence-electron chi connectivity index (χ0n) is 11.5. The lowest BCUT2D eigenvalue weighted by molar-refractivity contribution is -0.137. The first-order valence-corrected chi connectivity index (χ1v) is 6.97. The minimum atomic E-state index is -4.40. The van der Waals surface area contributed by atoms with Gasteiger partial charge in [0.2, 0.25) is 0 Å². The third kappa shape index (κ3) is 3.77. The maximum absolute atomic E-state index is 12.8. The van der Waals surface area contributed by atoms with Gasteiger partial charge in [-0.3, -0.25) is 0 Å². The number of halogens is 3. The first kappa shape index (κ1) is 14.9. The molecule has 0 radical (unpaired) electrons. The average molecular weight is 287 g/mol. The summed E-state index contributed by atoms with van der Waals surface area (Å²) in [5.74, 6) is 0.537. The lowest BCUT2D eigenvalue weighted by atomic mass is 9.97. The number of nitrogens with zero attached hydrogens (tertiary/aromatic N) is 1. The predicted molar refractivity (Wildman–Crippen MR) is 73.3 cm³/mol. The van der Waals surface area contributed by atoms with Crippen LogP contribution in [-0.4, -0.2) is 11.0 Å². The Bertz CT molecular complexity index is 459. The highest BCUT2D eigenvalue weighted by Crippen LogP contribution is 2.32. The number of nitrogens with one attached hydrogen (secondary N) is 1. The largest absolute Gasteiger partial charge is 0.416 e. The van der Waals surface area contributed by atoms with Gasteiger partial charge < -0.3 is 11.1 Å². The molecule has 1 aromatic rings. The Labute approximate surface area is 116 Å². The molecule has 1 heterocycles. The number of pyridine rings is 1. The number of aromatic nitrogens is 1. The zero-order valence-corrected chi connectivity index (χ0v) is 11.5. The molecule has 1 aliphatic carbocycles. The molecule has 0 saturated heterocycles. The Balaban J connectivity index is 2.18. The zero-order chi connectivity index (χ0) is 14.8. The second kappa shape index (κ2) is 5.89. The fraction of sp³-hybridized carbons (Fsp3) is 0.643. The van der Waals surface area contributed by atoms with E-state index in [-0.39, 0.29) is 17.7 Å². The van der Waals surface area contributed by atoms with Crippen molar-refractivity contribution in [3.05, 3.63) is 17.7 Å². The normalized spacial score (nSPS) is 24.2. The number of nitrogens with two attached hydrogens (primary N) is 1. The number of alkyl halides is 3. The van der Waals surface area contributed by atoms with Crippen LogP contribution in [0.5, 0.6) is 0 Å². The summed E-state index contributed by atoms with van der Waals surface area (Å²) < 4.78 is 38.3. The maximum Gasteiger partial charge on any atom is 0.416 e. The summed E-state index contributed by atoms with van der Waals surface area (Å²) in [6, 6.07) is 2.06. The van der Waals surface area contributed by atoms with Gasteiger partial charge in [-0.25, -0.2) is 4.98 Å². The molecule has 2 rings (SSSR count). The molecule has 3 N–H and O–H groups in total. The standard InChI is InChI=1S/C14H20F3N3/c1-9-5-3-2-4-6-11(9)19-13-8-10(14(15,16)17)7-12(18)20-13/h7-9,11H,2-6H2,1H3,(H3,18,19,20). The second-order valence-corrected chi connectivity index (χ2v) is 5.53. The molecule has 6 heteroatoms. The van der Waals surface area contributed by atoms with Crippen molar-refractivity contribution in [2.45, 2.75) is 51.2 Å². The molecule has 0 bridgehead atoms. The van der Waals surface area contributed by atoms with Crippen LogP contribution in [0.4, 0.5) is 24.8 Å². The van der Waals surface area contributed by atoms with Crippen molar-refractivity contribution < 1.29 is 13.2 Å². The molecule has 0 amide bonds. The van der Waals surface area contributed by atoms with Crippen LogP contribution in [0.15, 0.2) is 12.1 Å². The fourth-order valence-corrected chi connectivity index (χ4v) is 2.69. The summed E-state index contributed by atoms with van der Waals surface area (Å²) in [4.78, 5) is 3.97. The second-order valence-electron chi connectivity index (χ2n) is 5.53. The molecule has 0 spiro atoms. The third-order valence-electron chi connectivity index (χ3n) is 3.87. The molecule has 2 unspecified atom stereocenters. The summed E-state index contributed by atoms with van der Waals surface area (Å²) in [5.41, 5.74) is 4.72. The van der Waals surface area contributed by atoms with Gasteiger partial charge >= 0.3 is 6.18 Å². The number of anilines is 2. The van der Waals surface area contributed by atoms with E-state index < -0.39 is 11.7 Å². The highest BCUT2D eigenvalue weighted by atomic mass is 19.4. The molecule has 1 aromatic heterocycles. The van der Waals surface area contributed by atoms with Crippen molar-refractivity contribution in [1.82, 2.24) is 4.98 Å². The summed E-state index contributed by atoms with van der Waals surface area (Å²) in [6.45, 7) is 2.12. The van der Waals surface area contributed by atoms with Gasteiger partial charge in [-0.2, -0.15) is 13.2 Å². The van der Waals surface area contributed by atoms with Crippen LogP contribution in [0.25, 0.3) is 0 Å². The average Bonchev–Trinajstić information content (AvgIpc) is 2.53. The minimum absolute atomic E-state index is 0.108. The van der Waals surface area contributed by atoms with Gasteiger partial charge in [-0.1, -0.05) is 26.2 Å². The Morgan fingerprint density at radius 1 is 1.20 bits per heavy atom. The highest BCUT2D eigenvalue weighted by Gasteiger charge is 2.32. The van der Waals surface area contributed by atoms with Crippen molar-refractivity contribution in [3.63, 3.8) is 0 Å². The third-order valence-corrected chi connectivity index (χ3v) is 3.87. The molecule has 1 saturated carbocycles. The van der Waals surface area contributed by atoms with Crippen LogP contribution in [0.3, 0.4) is 0 Å². The Kier molecular flexibility index (Phi) is 4.40. The highest BCUT2D eigenvalue weighted by molar-refractivity contribution is 5.48. The van der Waals surface area contributed by atoms with Crippen molar-refractivity contribution in [1.29, 1.82) is 0 Å². The van der Waals surface area contributed by atoms with E-state index in [9.17, 15) is 13.2 Å². The summed E-state index contributed by atoms with van der Waals surface area (Å²) >= 11 is 0. The van der Waals surface area contributed by atoms with Gasteiger partial charge in [-0.15, -0.1) is 0 Å². The van der Waals surface area contributed by atoms with Crippen molar-refractivity contribution in [3.8, 4) is 0 Å². The summed E-state index contributed by atoms with van der Waals surface area (Å²) in [5, 5.41) is 3.13. The summed E-state index contributed by atoms with van der Waals surface area (Å²) in [6.07, 6.45) is 1.10. The first-order chi connectivity index (χ1) is 9.36. The topological polar surface area (TPSA) is 50.9 Å². The van der Waals surface area contributed by atoms with E-state index in [0.717, 1.165) is 31.4 Å². The molecular weight excluding hydrogens is 267 g/mol. The van der Waals surface area contributed by atoms with Crippen LogP contribution in [-0.2, 0) is 6.18 Å². The van der Waals surface area contributed by atoms with Crippen LogP contribution in [0.1, 0.15) is 44.6 Å². The van der Waals surface area contributed by atoms with Crippen molar-refractivity contribution in [2.24, 2.45) is 5.92 Å². The number of rotatable bonds is 2. The smallest absolute Gasteiger partial charge is 0.384 e. The van der Waals surface area contributed by atoms with E-state index in [2.05, 4.69) is 17.2 Å². The molecule has 2 atom stereocenters. The van der Waals surface area contributed by atoms with E-state index in [0.29, 0.717) is 5.92 Å². The molecule has 3 nitrogen and oxygen atoms in total. The molecule has 0 aliphatic heterocycles. The van der Waals surface area contributed by atoms with E-state index in [4.69, 9.17) is 5.73 Å². The van der Waals surface area contributed by atoms with Gasteiger partial charge in [0.25, 0.3) is 0 Å². The monoisotopic (exact) mass is 287 g/mol. The SMILES string of the molecule is CC1CCCCCC1Nc1cc(C(F)(F)F)cc(N)n1. The molecule has 0 aromatic carbocycles. The number of nitrogen functional groups attached to an aromatic ring is 1. The number of hydrogen-bond donors (Lipinski definition) is 2. The van der Waals surface area contributed by atoms with E-state index in [1.165, 1.54) is 12.8 Å². The van der Waals surface area contributed by atoms with Gasteiger partial charge in [0, 0.05) is 6.04 Å². The molecule has 1 fully saturated rings. The van der Waals surface area contributed by atoms with E-state index >= 15 is 0 Å². The number of hydrogen-bond acceptors (Lipinski definition) is 3. The quantitative estimate of drug-likeness (QED) is 0.806. The van der Waals surface area contributed by atoms with Gasteiger partial charge in [0.05, 0.1) is 5.56 Å². The Morgan fingerprint density at radius 2 is 1.90 bits per heavy atom. The Morgan fingerprint density at radius 3 is 2.60 bits per heavy atom. The van der Waals surface area contributed by atoms with E-state index in [1.807, 2.05) is 0 Å².